The van der Waals surface area contributed by atoms with Gasteiger partial charge in [0.1, 0.15) is 0 Å². The van der Waals surface area contributed by atoms with Crippen molar-refractivity contribution in [1.82, 2.24) is 10.2 Å². The van der Waals surface area contributed by atoms with E-state index in [1.54, 1.807) is 6.92 Å². The summed E-state index contributed by atoms with van der Waals surface area (Å²) in [6, 6.07) is 0.530. The molecule has 1 aliphatic carbocycles. The van der Waals surface area contributed by atoms with Crippen molar-refractivity contribution in [3.8, 4) is 0 Å². The highest BCUT2D eigenvalue weighted by Gasteiger charge is 2.33. The first-order valence-corrected chi connectivity index (χ1v) is 7.76. The van der Waals surface area contributed by atoms with E-state index in [-0.39, 0.29) is 5.91 Å². The van der Waals surface area contributed by atoms with E-state index >= 15 is 0 Å². The van der Waals surface area contributed by atoms with Crippen LogP contribution in [0.15, 0.2) is 23.4 Å². The first-order chi connectivity index (χ1) is 9.67. The van der Waals surface area contributed by atoms with E-state index in [9.17, 15) is 4.79 Å². The molecule has 0 radical (unpaired) electrons. The second kappa shape index (κ2) is 7.04. The van der Waals surface area contributed by atoms with Crippen LogP contribution >= 0.6 is 0 Å². The molecule has 2 aliphatic rings. The Balaban J connectivity index is 2.15. The average Bonchev–Trinajstić information content (AvgIpc) is 2.45. The Morgan fingerprint density at radius 3 is 3.05 bits per heavy atom. The number of fused-ring (bicyclic) bond motifs is 1. The van der Waals surface area contributed by atoms with Gasteiger partial charge in [-0.3, -0.25) is 4.79 Å². The predicted molar refractivity (Wildman–Crippen MR) is 82.0 cm³/mol. The van der Waals surface area contributed by atoms with Crippen molar-refractivity contribution in [3.63, 3.8) is 0 Å². The largest absolute Gasteiger partial charge is 0.330 e. The molecule has 1 saturated heterocycles. The maximum Gasteiger partial charge on any atom is 0.223 e. The maximum absolute atomic E-state index is 11.7. The number of allylic oxidation sites excluding steroid dienone is 1. The molecule has 1 fully saturated rings. The molecule has 0 saturated carbocycles. The normalized spacial score (nSPS) is 27.9. The van der Waals surface area contributed by atoms with Crippen LogP contribution in [0, 0.1) is 5.92 Å². The van der Waals surface area contributed by atoms with E-state index in [2.05, 4.69) is 17.5 Å². The van der Waals surface area contributed by atoms with Crippen LogP contribution in [0.2, 0.25) is 0 Å². The summed E-state index contributed by atoms with van der Waals surface area (Å²) in [5, 5.41) is 3.61. The zero-order chi connectivity index (χ0) is 14.5. The van der Waals surface area contributed by atoms with Gasteiger partial charge in [-0.15, -0.1) is 0 Å². The second-order valence-electron chi connectivity index (χ2n) is 5.67. The minimum atomic E-state index is 0.147. The molecule has 1 amide bonds. The van der Waals surface area contributed by atoms with Gasteiger partial charge in [-0.05, 0) is 45.7 Å². The number of nitrogens with two attached hydrogens (primary N) is 1. The number of hydrogen-bond donors (Lipinski definition) is 2. The van der Waals surface area contributed by atoms with Gasteiger partial charge in [0.25, 0.3) is 0 Å². The molecule has 4 nitrogen and oxygen atoms in total. The third-order valence-corrected chi connectivity index (χ3v) is 4.43. The zero-order valence-electron chi connectivity index (χ0n) is 12.7. The Kier molecular flexibility index (Phi) is 5.38. The lowest BCUT2D eigenvalue weighted by Gasteiger charge is -2.40. The van der Waals surface area contributed by atoms with E-state index in [0.717, 1.165) is 38.8 Å². The van der Waals surface area contributed by atoms with Gasteiger partial charge in [0.15, 0.2) is 0 Å². The third-order valence-electron chi connectivity index (χ3n) is 4.43. The molecule has 2 unspecified atom stereocenters. The first kappa shape index (κ1) is 15.3. The topological polar surface area (TPSA) is 58.4 Å². The van der Waals surface area contributed by atoms with Crippen LogP contribution < -0.4 is 11.1 Å². The van der Waals surface area contributed by atoms with E-state index in [4.69, 9.17) is 5.73 Å². The summed E-state index contributed by atoms with van der Waals surface area (Å²) in [6.45, 7) is 6.23. The van der Waals surface area contributed by atoms with E-state index in [1.165, 1.54) is 11.3 Å². The Morgan fingerprint density at radius 1 is 1.60 bits per heavy atom. The summed E-state index contributed by atoms with van der Waals surface area (Å²) in [7, 11) is 0. The van der Waals surface area contributed by atoms with Gasteiger partial charge in [0, 0.05) is 31.1 Å². The average molecular weight is 277 g/mol. The summed E-state index contributed by atoms with van der Waals surface area (Å²) < 4.78 is 0. The van der Waals surface area contributed by atoms with Crippen LogP contribution in [0.5, 0.6) is 0 Å². The summed E-state index contributed by atoms with van der Waals surface area (Å²) in [4.78, 5) is 13.6. The molecule has 0 aromatic heterocycles. The van der Waals surface area contributed by atoms with Gasteiger partial charge in [-0.1, -0.05) is 17.7 Å². The monoisotopic (exact) mass is 277 g/mol. The van der Waals surface area contributed by atoms with E-state index in [1.807, 2.05) is 11.8 Å². The molecule has 20 heavy (non-hydrogen) atoms. The number of hydrogen-bond acceptors (Lipinski definition) is 3. The minimum Gasteiger partial charge on any atom is -0.330 e. The Hall–Kier alpha value is -1.13. The smallest absolute Gasteiger partial charge is 0.223 e. The van der Waals surface area contributed by atoms with Crippen LogP contribution in [-0.4, -0.2) is 36.5 Å². The molecule has 2 rings (SSSR count). The van der Waals surface area contributed by atoms with Gasteiger partial charge in [0.05, 0.1) is 0 Å². The van der Waals surface area contributed by atoms with Gasteiger partial charge >= 0.3 is 0 Å². The number of amides is 1. The fourth-order valence-corrected chi connectivity index (χ4v) is 3.45. The zero-order valence-corrected chi connectivity index (χ0v) is 12.7. The minimum absolute atomic E-state index is 0.147. The molecular formula is C16H27N3O. The Labute approximate surface area is 122 Å². The molecule has 3 N–H and O–H groups in total. The van der Waals surface area contributed by atoms with Crippen molar-refractivity contribution in [2.24, 2.45) is 11.7 Å². The fourth-order valence-electron chi connectivity index (χ4n) is 3.45. The number of carbonyl (C=O) groups excluding carboxylic acids is 1. The van der Waals surface area contributed by atoms with Crippen molar-refractivity contribution >= 4 is 5.91 Å². The lowest BCUT2D eigenvalue weighted by atomic mass is 9.77. The second-order valence-corrected chi connectivity index (χ2v) is 5.67. The Bertz CT molecular complexity index is 414. The van der Waals surface area contributed by atoms with Gasteiger partial charge < -0.3 is 16.0 Å². The molecule has 0 spiro atoms. The van der Waals surface area contributed by atoms with E-state index < -0.39 is 0 Å². The number of nitrogens with zero attached hydrogens (tertiary/aromatic N) is 1. The fraction of sp³-hybridized carbons (Fsp3) is 0.688. The SMILES string of the molecule is CCN(C(C)=O)C1=CCC2NCC/C(=C\CCN)C2C1. The van der Waals surface area contributed by atoms with Crippen LogP contribution in [-0.2, 0) is 4.79 Å². The van der Waals surface area contributed by atoms with Crippen molar-refractivity contribution in [2.75, 3.05) is 19.6 Å². The van der Waals surface area contributed by atoms with Crippen molar-refractivity contribution < 1.29 is 4.79 Å². The summed E-state index contributed by atoms with van der Waals surface area (Å²) in [6.07, 6.45) is 8.63. The number of nitrogens with one attached hydrogen (secondary N) is 1. The number of piperidine rings is 1. The Morgan fingerprint density at radius 2 is 2.40 bits per heavy atom. The standard InChI is InChI=1S/C16H27N3O/c1-3-19(12(2)20)14-6-7-16-15(11-14)13(5-4-9-17)8-10-18-16/h5-6,15-16,18H,3-4,7-11,17H2,1-2H3/b13-5+. The molecule has 0 aromatic carbocycles. The molecule has 4 heteroatoms. The molecule has 1 aliphatic heterocycles. The third kappa shape index (κ3) is 3.30. The van der Waals surface area contributed by atoms with Crippen molar-refractivity contribution in [3.05, 3.63) is 23.4 Å². The molecular weight excluding hydrogens is 250 g/mol. The highest BCUT2D eigenvalue weighted by molar-refractivity contribution is 5.75. The van der Waals surface area contributed by atoms with Crippen molar-refractivity contribution in [2.45, 2.75) is 45.6 Å². The van der Waals surface area contributed by atoms with E-state index in [0.29, 0.717) is 18.5 Å². The summed E-state index contributed by atoms with van der Waals surface area (Å²) in [5.74, 6) is 0.678. The number of carbonyl (C=O) groups is 1. The predicted octanol–water partition coefficient (Wildman–Crippen LogP) is 1.79. The molecule has 0 bridgehead atoms. The maximum atomic E-state index is 11.7. The highest BCUT2D eigenvalue weighted by Crippen LogP contribution is 2.35. The van der Waals surface area contributed by atoms with Crippen LogP contribution in [0.25, 0.3) is 0 Å². The molecule has 1 heterocycles. The van der Waals surface area contributed by atoms with Crippen LogP contribution in [0.4, 0.5) is 0 Å². The van der Waals surface area contributed by atoms with Gasteiger partial charge in [-0.25, -0.2) is 0 Å². The summed E-state index contributed by atoms with van der Waals surface area (Å²) >= 11 is 0. The molecule has 2 atom stereocenters. The first-order valence-electron chi connectivity index (χ1n) is 7.76. The van der Waals surface area contributed by atoms with Crippen LogP contribution in [0.3, 0.4) is 0 Å². The van der Waals surface area contributed by atoms with Crippen molar-refractivity contribution in [1.29, 1.82) is 0 Å². The summed E-state index contributed by atoms with van der Waals surface area (Å²) in [5.41, 5.74) is 8.36. The highest BCUT2D eigenvalue weighted by atomic mass is 16.2. The number of rotatable bonds is 4. The van der Waals surface area contributed by atoms with Gasteiger partial charge in [-0.2, -0.15) is 0 Å². The quantitative estimate of drug-likeness (QED) is 0.770. The lowest BCUT2D eigenvalue weighted by Crippen LogP contribution is -2.45. The molecule has 0 aromatic rings. The lowest BCUT2D eigenvalue weighted by molar-refractivity contribution is -0.127. The van der Waals surface area contributed by atoms with Gasteiger partial charge in [0.2, 0.25) is 5.91 Å². The molecule has 112 valence electrons. The van der Waals surface area contributed by atoms with Crippen LogP contribution in [0.1, 0.15) is 39.5 Å².